The van der Waals surface area contributed by atoms with Gasteiger partial charge < -0.3 is 15.4 Å². The van der Waals surface area contributed by atoms with E-state index in [1.54, 1.807) is 32.9 Å². The zero-order chi connectivity index (χ0) is 16.8. The molecule has 0 aliphatic rings. The Morgan fingerprint density at radius 3 is 2.55 bits per heavy atom. The molecular weight excluding hydrogens is 304 g/mol. The number of anilines is 1. The number of carbonyl (C=O) groups excluding carboxylic acids is 2. The van der Waals surface area contributed by atoms with Crippen LogP contribution in [0.1, 0.15) is 39.2 Å². The zero-order valence-electron chi connectivity index (χ0n) is 13.5. The standard InChI is InChI=1S/C16H23ClN2O3/c1-11-7-8-13(12(17)10-11)19-14(20)6-5-9-18-15(21)22-16(2,3)4/h7-8,10H,5-6,9H2,1-4H3,(H,18,21)(H,19,20). The molecule has 0 fully saturated rings. The number of amides is 2. The molecule has 2 N–H and O–H groups in total. The van der Waals surface area contributed by atoms with Crippen LogP contribution in [0, 0.1) is 6.92 Å². The fraction of sp³-hybridized carbons (Fsp3) is 0.500. The molecule has 5 nitrogen and oxygen atoms in total. The third-order valence-corrected chi connectivity index (χ3v) is 2.96. The Morgan fingerprint density at radius 2 is 1.95 bits per heavy atom. The van der Waals surface area contributed by atoms with E-state index >= 15 is 0 Å². The van der Waals surface area contributed by atoms with Crippen molar-refractivity contribution in [1.82, 2.24) is 5.32 Å². The molecule has 0 heterocycles. The normalized spacial score (nSPS) is 11.0. The number of benzene rings is 1. The molecule has 0 aliphatic carbocycles. The van der Waals surface area contributed by atoms with Gasteiger partial charge in [-0.2, -0.15) is 0 Å². The molecule has 122 valence electrons. The summed E-state index contributed by atoms with van der Waals surface area (Å²) in [6.07, 6.45) is 0.337. The van der Waals surface area contributed by atoms with Gasteiger partial charge in [0.15, 0.2) is 0 Å². The minimum Gasteiger partial charge on any atom is -0.444 e. The maximum absolute atomic E-state index is 11.8. The van der Waals surface area contributed by atoms with E-state index in [2.05, 4.69) is 10.6 Å². The van der Waals surface area contributed by atoms with Crippen molar-refractivity contribution in [3.05, 3.63) is 28.8 Å². The summed E-state index contributed by atoms with van der Waals surface area (Å²) in [7, 11) is 0. The number of hydrogen-bond donors (Lipinski definition) is 2. The molecule has 2 amide bonds. The van der Waals surface area contributed by atoms with Crippen LogP contribution in [0.2, 0.25) is 5.02 Å². The highest BCUT2D eigenvalue weighted by atomic mass is 35.5. The molecule has 0 aromatic heterocycles. The van der Waals surface area contributed by atoms with Gasteiger partial charge >= 0.3 is 6.09 Å². The van der Waals surface area contributed by atoms with Gasteiger partial charge in [-0.05, 0) is 51.8 Å². The summed E-state index contributed by atoms with van der Waals surface area (Å²) in [5.74, 6) is -0.142. The second kappa shape index (κ2) is 8.03. The number of ether oxygens (including phenoxy) is 1. The highest BCUT2D eigenvalue weighted by Gasteiger charge is 2.15. The van der Waals surface area contributed by atoms with E-state index in [0.717, 1.165) is 5.56 Å². The first-order valence-electron chi connectivity index (χ1n) is 7.20. The molecule has 0 saturated heterocycles. The van der Waals surface area contributed by atoms with Crippen molar-refractivity contribution in [2.24, 2.45) is 0 Å². The van der Waals surface area contributed by atoms with Gasteiger partial charge in [0.1, 0.15) is 5.60 Å². The van der Waals surface area contributed by atoms with Crippen LogP contribution in [-0.2, 0) is 9.53 Å². The number of alkyl carbamates (subject to hydrolysis) is 1. The summed E-state index contributed by atoms with van der Waals surface area (Å²) < 4.78 is 5.10. The van der Waals surface area contributed by atoms with Crippen LogP contribution in [0.5, 0.6) is 0 Å². The van der Waals surface area contributed by atoms with Crippen LogP contribution in [0.25, 0.3) is 0 Å². The lowest BCUT2D eigenvalue weighted by Gasteiger charge is -2.19. The first-order chi connectivity index (χ1) is 10.2. The van der Waals surface area contributed by atoms with E-state index in [1.807, 2.05) is 13.0 Å². The number of halogens is 1. The predicted molar refractivity (Wildman–Crippen MR) is 88.3 cm³/mol. The minimum absolute atomic E-state index is 0.142. The average Bonchev–Trinajstić information content (AvgIpc) is 2.36. The lowest BCUT2D eigenvalue weighted by molar-refractivity contribution is -0.116. The van der Waals surface area contributed by atoms with Gasteiger partial charge in [0.05, 0.1) is 10.7 Å². The minimum atomic E-state index is -0.524. The van der Waals surface area contributed by atoms with Crippen LogP contribution in [0.3, 0.4) is 0 Å². The molecule has 1 aromatic carbocycles. The average molecular weight is 327 g/mol. The molecule has 0 atom stereocenters. The number of aryl methyl sites for hydroxylation is 1. The molecule has 0 aliphatic heterocycles. The summed E-state index contributed by atoms with van der Waals surface area (Å²) in [5, 5.41) is 5.87. The third-order valence-electron chi connectivity index (χ3n) is 2.65. The molecule has 0 saturated carbocycles. The molecule has 6 heteroatoms. The second-order valence-corrected chi connectivity index (χ2v) is 6.47. The van der Waals surface area contributed by atoms with Crippen molar-refractivity contribution in [2.45, 2.75) is 46.1 Å². The topological polar surface area (TPSA) is 67.4 Å². The highest BCUT2D eigenvalue weighted by Crippen LogP contribution is 2.22. The maximum atomic E-state index is 11.8. The quantitative estimate of drug-likeness (QED) is 0.806. The molecule has 1 aromatic rings. The Morgan fingerprint density at radius 1 is 1.27 bits per heavy atom. The third kappa shape index (κ3) is 7.31. The number of hydrogen-bond acceptors (Lipinski definition) is 3. The predicted octanol–water partition coefficient (Wildman–Crippen LogP) is 3.89. The summed E-state index contributed by atoms with van der Waals surface area (Å²) >= 11 is 6.05. The van der Waals surface area contributed by atoms with Crippen molar-refractivity contribution in [3.8, 4) is 0 Å². The summed E-state index contributed by atoms with van der Waals surface area (Å²) in [5.41, 5.74) is 1.10. The smallest absolute Gasteiger partial charge is 0.407 e. The molecule has 22 heavy (non-hydrogen) atoms. The van der Waals surface area contributed by atoms with Gasteiger partial charge in [0, 0.05) is 13.0 Å². The van der Waals surface area contributed by atoms with E-state index in [4.69, 9.17) is 16.3 Å². The Bertz CT molecular complexity index is 539. The van der Waals surface area contributed by atoms with E-state index in [1.165, 1.54) is 0 Å². The summed E-state index contributed by atoms with van der Waals surface area (Å²) in [6.45, 7) is 7.70. The lowest BCUT2D eigenvalue weighted by Crippen LogP contribution is -2.33. The Balaban J connectivity index is 2.28. The molecule has 1 rings (SSSR count). The van der Waals surface area contributed by atoms with Crippen LogP contribution >= 0.6 is 11.6 Å². The Hall–Kier alpha value is -1.75. The van der Waals surface area contributed by atoms with Crippen LogP contribution in [0.15, 0.2) is 18.2 Å². The monoisotopic (exact) mass is 326 g/mol. The number of carbonyl (C=O) groups is 2. The summed E-state index contributed by atoms with van der Waals surface area (Å²) in [4.78, 5) is 23.2. The van der Waals surface area contributed by atoms with Crippen molar-refractivity contribution >= 4 is 29.3 Å². The molecule has 0 unspecified atom stereocenters. The SMILES string of the molecule is Cc1ccc(NC(=O)CCCNC(=O)OC(C)(C)C)c(Cl)c1. The van der Waals surface area contributed by atoms with E-state index < -0.39 is 11.7 Å². The van der Waals surface area contributed by atoms with E-state index in [0.29, 0.717) is 30.1 Å². The number of rotatable bonds is 5. The van der Waals surface area contributed by atoms with Gasteiger partial charge in [-0.3, -0.25) is 4.79 Å². The summed E-state index contributed by atoms with van der Waals surface area (Å²) in [6, 6.07) is 5.45. The fourth-order valence-electron chi connectivity index (χ4n) is 1.69. The zero-order valence-corrected chi connectivity index (χ0v) is 14.2. The van der Waals surface area contributed by atoms with Crippen molar-refractivity contribution in [2.75, 3.05) is 11.9 Å². The largest absolute Gasteiger partial charge is 0.444 e. The first kappa shape index (κ1) is 18.3. The maximum Gasteiger partial charge on any atom is 0.407 e. The molecule has 0 bridgehead atoms. The van der Waals surface area contributed by atoms with Crippen molar-refractivity contribution in [3.63, 3.8) is 0 Å². The van der Waals surface area contributed by atoms with Crippen molar-refractivity contribution < 1.29 is 14.3 Å². The van der Waals surface area contributed by atoms with Crippen LogP contribution in [0.4, 0.5) is 10.5 Å². The highest BCUT2D eigenvalue weighted by molar-refractivity contribution is 6.33. The van der Waals surface area contributed by atoms with Crippen molar-refractivity contribution in [1.29, 1.82) is 0 Å². The molecular formula is C16H23ClN2O3. The van der Waals surface area contributed by atoms with Gasteiger partial charge in [0.2, 0.25) is 5.91 Å². The Labute approximate surface area is 136 Å². The van der Waals surface area contributed by atoms with Gasteiger partial charge in [-0.25, -0.2) is 4.79 Å². The molecule has 0 radical (unpaired) electrons. The first-order valence-corrected chi connectivity index (χ1v) is 7.58. The van der Waals surface area contributed by atoms with E-state index in [-0.39, 0.29) is 5.91 Å². The fourth-order valence-corrected chi connectivity index (χ4v) is 1.97. The van der Waals surface area contributed by atoms with Crippen LogP contribution < -0.4 is 10.6 Å². The van der Waals surface area contributed by atoms with Crippen LogP contribution in [-0.4, -0.2) is 24.1 Å². The van der Waals surface area contributed by atoms with E-state index in [9.17, 15) is 9.59 Å². The second-order valence-electron chi connectivity index (χ2n) is 6.06. The number of nitrogens with one attached hydrogen (secondary N) is 2. The lowest BCUT2D eigenvalue weighted by atomic mass is 10.2. The van der Waals surface area contributed by atoms with Gasteiger partial charge in [-0.1, -0.05) is 17.7 Å². The molecule has 0 spiro atoms. The van der Waals surface area contributed by atoms with Gasteiger partial charge in [-0.15, -0.1) is 0 Å². The van der Waals surface area contributed by atoms with Gasteiger partial charge in [0.25, 0.3) is 0 Å². The Kier molecular flexibility index (Phi) is 6.68.